The van der Waals surface area contributed by atoms with Gasteiger partial charge >= 0.3 is 0 Å². The Labute approximate surface area is 71.7 Å². The van der Waals surface area contributed by atoms with Crippen LogP contribution in [0, 0.1) is 17.8 Å². The van der Waals surface area contributed by atoms with Crippen LogP contribution in [-0.2, 0) is 9.84 Å². The van der Waals surface area contributed by atoms with Crippen LogP contribution in [-0.4, -0.2) is 30.6 Å². The van der Waals surface area contributed by atoms with Gasteiger partial charge in [-0.2, -0.15) is 0 Å². The fraction of sp³-hybridized carbons (Fsp3) is 0.750. The van der Waals surface area contributed by atoms with Crippen molar-refractivity contribution in [3.05, 3.63) is 0 Å². The Balaban J connectivity index is 2.05. The van der Waals surface area contributed by atoms with Gasteiger partial charge in [-0.3, -0.25) is 0 Å². The Morgan fingerprint density at radius 1 is 1.33 bits per heavy atom. The summed E-state index contributed by atoms with van der Waals surface area (Å²) in [6.45, 7) is 0. The fourth-order valence-corrected chi connectivity index (χ4v) is 4.58. The third kappa shape index (κ3) is 0.970. The van der Waals surface area contributed by atoms with E-state index in [2.05, 4.69) is 5.92 Å². The van der Waals surface area contributed by atoms with E-state index in [9.17, 15) is 13.5 Å². The molecule has 0 aromatic heterocycles. The van der Waals surface area contributed by atoms with Gasteiger partial charge in [0.1, 0.15) is 5.60 Å². The minimum Gasteiger partial charge on any atom is -0.378 e. The molecule has 1 aliphatic carbocycles. The third-order valence-electron chi connectivity index (χ3n) is 2.66. The molecule has 0 bridgehead atoms. The molecular formula is C8H10O3S. The van der Waals surface area contributed by atoms with Crippen molar-refractivity contribution >= 4 is 9.84 Å². The van der Waals surface area contributed by atoms with Crippen LogP contribution in [0.25, 0.3) is 0 Å². The van der Waals surface area contributed by atoms with E-state index < -0.39 is 15.4 Å². The molecule has 0 unspecified atom stereocenters. The normalized spacial score (nSPS) is 33.0. The van der Waals surface area contributed by atoms with Gasteiger partial charge in [0.05, 0.1) is 11.5 Å². The maximum Gasteiger partial charge on any atom is 0.151 e. The average molecular weight is 186 g/mol. The molecule has 4 heteroatoms. The van der Waals surface area contributed by atoms with Crippen LogP contribution in [0.1, 0.15) is 12.8 Å². The highest BCUT2D eigenvalue weighted by molar-refractivity contribution is 7.92. The van der Waals surface area contributed by atoms with E-state index in [-0.39, 0.29) is 16.9 Å². The zero-order valence-corrected chi connectivity index (χ0v) is 7.39. The van der Waals surface area contributed by atoms with E-state index in [1.54, 1.807) is 0 Å². The summed E-state index contributed by atoms with van der Waals surface area (Å²) in [7, 11) is -2.79. The Morgan fingerprint density at radius 2 is 1.83 bits per heavy atom. The second kappa shape index (κ2) is 1.86. The summed E-state index contributed by atoms with van der Waals surface area (Å²) in [5, 5.41) is 9.46. The molecule has 0 radical (unpaired) electrons. The highest BCUT2D eigenvalue weighted by atomic mass is 32.2. The minimum atomic E-state index is -2.79. The number of hydrogen-bond donors (Lipinski definition) is 1. The second-order valence-electron chi connectivity index (χ2n) is 4.06. The molecular weight excluding hydrogens is 176 g/mol. The van der Waals surface area contributed by atoms with Crippen LogP contribution in [0.3, 0.4) is 0 Å². The first-order valence-corrected chi connectivity index (χ1v) is 5.62. The van der Waals surface area contributed by atoms with Crippen LogP contribution >= 0.6 is 0 Å². The Bertz CT molecular complexity index is 340. The third-order valence-corrected chi connectivity index (χ3v) is 4.76. The lowest BCUT2D eigenvalue weighted by atomic mass is 9.61. The second-order valence-corrected chi connectivity index (χ2v) is 6.13. The van der Waals surface area contributed by atoms with E-state index in [0.29, 0.717) is 12.8 Å². The molecule has 0 aromatic rings. The summed E-state index contributed by atoms with van der Waals surface area (Å²) < 4.78 is 21.7. The molecule has 0 aromatic carbocycles. The van der Waals surface area contributed by atoms with E-state index in [0.717, 1.165) is 0 Å². The molecule has 66 valence electrons. The fourth-order valence-electron chi connectivity index (χ4n) is 2.39. The van der Waals surface area contributed by atoms with Crippen LogP contribution in [0.5, 0.6) is 0 Å². The highest BCUT2D eigenvalue weighted by Crippen LogP contribution is 2.54. The summed E-state index contributed by atoms with van der Waals surface area (Å²) >= 11 is 0. The monoisotopic (exact) mass is 186 g/mol. The molecule has 1 aliphatic heterocycles. The van der Waals surface area contributed by atoms with Gasteiger partial charge in [-0.05, 0) is 12.8 Å². The van der Waals surface area contributed by atoms with Crippen LogP contribution in [0.15, 0.2) is 0 Å². The first-order valence-electron chi connectivity index (χ1n) is 3.79. The van der Waals surface area contributed by atoms with E-state index in [1.165, 1.54) is 0 Å². The van der Waals surface area contributed by atoms with Crippen LogP contribution < -0.4 is 0 Å². The quantitative estimate of drug-likeness (QED) is 0.522. The maximum atomic E-state index is 10.9. The van der Waals surface area contributed by atoms with Crippen molar-refractivity contribution in [2.75, 3.05) is 11.5 Å². The van der Waals surface area contributed by atoms with Crippen LogP contribution in [0.4, 0.5) is 0 Å². The first-order chi connectivity index (χ1) is 5.39. The largest absolute Gasteiger partial charge is 0.378 e. The van der Waals surface area contributed by atoms with Gasteiger partial charge in [0, 0.05) is 5.41 Å². The number of terminal acetylenes is 1. The summed E-state index contributed by atoms with van der Waals surface area (Å²) in [4.78, 5) is 0. The van der Waals surface area contributed by atoms with Crippen molar-refractivity contribution in [1.29, 1.82) is 0 Å². The molecule has 2 fully saturated rings. The molecule has 2 rings (SSSR count). The molecule has 1 heterocycles. The predicted octanol–water partition coefficient (Wildman–Crippen LogP) is -0.441. The zero-order chi connectivity index (χ0) is 9.04. The Kier molecular flexibility index (Phi) is 1.25. The molecule has 1 N–H and O–H groups in total. The maximum absolute atomic E-state index is 10.9. The van der Waals surface area contributed by atoms with Gasteiger partial charge in [0.25, 0.3) is 0 Å². The van der Waals surface area contributed by atoms with Gasteiger partial charge in [0.15, 0.2) is 9.84 Å². The summed E-state index contributed by atoms with van der Waals surface area (Å²) in [5.41, 5.74) is -1.18. The summed E-state index contributed by atoms with van der Waals surface area (Å²) in [5.74, 6) is 2.71. The van der Waals surface area contributed by atoms with E-state index in [4.69, 9.17) is 6.42 Å². The molecule has 12 heavy (non-hydrogen) atoms. The van der Waals surface area contributed by atoms with E-state index >= 15 is 0 Å². The molecule has 2 aliphatic rings. The Morgan fingerprint density at radius 3 is 2.17 bits per heavy atom. The minimum absolute atomic E-state index is 0.167. The SMILES string of the molecule is C#CC1(O)CC2(C1)CS(=O)(=O)C2. The van der Waals surface area contributed by atoms with Gasteiger partial charge < -0.3 is 5.11 Å². The topological polar surface area (TPSA) is 54.4 Å². The zero-order valence-electron chi connectivity index (χ0n) is 6.58. The van der Waals surface area contributed by atoms with Gasteiger partial charge in [-0.25, -0.2) is 8.42 Å². The van der Waals surface area contributed by atoms with Crippen molar-refractivity contribution in [2.45, 2.75) is 18.4 Å². The number of sulfone groups is 1. The van der Waals surface area contributed by atoms with Crippen molar-refractivity contribution in [2.24, 2.45) is 5.41 Å². The van der Waals surface area contributed by atoms with Crippen molar-refractivity contribution < 1.29 is 13.5 Å². The Hall–Kier alpha value is -0.530. The van der Waals surface area contributed by atoms with Gasteiger partial charge in [-0.15, -0.1) is 6.42 Å². The number of aliphatic hydroxyl groups is 1. The predicted molar refractivity (Wildman–Crippen MR) is 44.1 cm³/mol. The van der Waals surface area contributed by atoms with Gasteiger partial charge in [0.2, 0.25) is 0 Å². The number of rotatable bonds is 0. The lowest BCUT2D eigenvalue weighted by molar-refractivity contribution is -0.0694. The highest BCUT2D eigenvalue weighted by Gasteiger charge is 2.61. The smallest absolute Gasteiger partial charge is 0.151 e. The summed E-state index contributed by atoms with van der Waals surface area (Å²) in [6.07, 6.45) is 5.99. The molecule has 1 saturated carbocycles. The van der Waals surface area contributed by atoms with Crippen molar-refractivity contribution in [3.8, 4) is 12.3 Å². The standard InChI is InChI=1S/C8H10O3S/c1-2-8(9)3-7(4-8)5-12(10,11)6-7/h1,9H,3-6H2. The average Bonchev–Trinajstić information content (AvgIpc) is 1.80. The number of hydrogen-bond acceptors (Lipinski definition) is 3. The van der Waals surface area contributed by atoms with E-state index in [1.807, 2.05) is 0 Å². The lowest BCUT2D eigenvalue weighted by Gasteiger charge is -2.55. The molecule has 3 nitrogen and oxygen atoms in total. The molecule has 1 spiro atoms. The first kappa shape index (κ1) is 8.09. The van der Waals surface area contributed by atoms with Gasteiger partial charge in [-0.1, -0.05) is 5.92 Å². The van der Waals surface area contributed by atoms with Crippen molar-refractivity contribution in [3.63, 3.8) is 0 Å². The van der Waals surface area contributed by atoms with Crippen LogP contribution in [0.2, 0.25) is 0 Å². The molecule has 0 atom stereocenters. The molecule has 0 amide bonds. The lowest BCUT2D eigenvalue weighted by Crippen LogP contribution is -2.63. The molecule has 1 saturated heterocycles. The summed E-state index contributed by atoms with van der Waals surface area (Å²) in [6, 6.07) is 0. The van der Waals surface area contributed by atoms with Crippen molar-refractivity contribution in [1.82, 2.24) is 0 Å².